The molecule has 3 rings (SSSR count). The number of rotatable bonds is 7. The molecule has 7 heteroatoms. The van der Waals surface area contributed by atoms with Crippen molar-refractivity contribution in [1.29, 1.82) is 0 Å². The molecule has 0 heterocycles. The van der Waals surface area contributed by atoms with Crippen LogP contribution in [0.5, 0.6) is 0 Å². The standard InChI is InChI=1S/C23H25Cl3N2O2/c1-15(23(30)27-17-8-3-4-9-17)28(14-18-20(25)11-6-12-21(18)26)22(29)13-16-7-2-5-10-19(16)24/h2,5-7,10-12,15,17H,3-4,8-9,13-14H2,1H3,(H,27,30)/t15-/m0/s1. The summed E-state index contributed by atoms with van der Waals surface area (Å²) in [5.41, 5.74) is 1.33. The van der Waals surface area contributed by atoms with Crippen LogP contribution in [0.15, 0.2) is 42.5 Å². The summed E-state index contributed by atoms with van der Waals surface area (Å²) >= 11 is 18.9. The van der Waals surface area contributed by atoms with Gasteiger partial charge in [0.15, 0.2) is 0 Å². The SMILES string of the molecule is C[C@@H](C(=O)NC1CCCC1)N(Cc1c(Cl)cccc1Cl)C(=O)Cc1ccccc1Cl. The largest absolute Gasteiger partial charge is 0.352 e. The maximum Gasteiger partial charge on any atom is 0.242 e. The van der Waals surface area contributed by atoms with Gasteiger partial charge in [0.2, 0.25) is 11.8 Å². The van der Waals surface area contributed by atoms with Gasteiger partial charge in [0.05, 0.1) is 6.42 Å². The smallest absolute Gasteiger partial charge is 0.242 e. The Labute approximate surface area is 192 Å². The Hall–Kier alpha value is -1.75. The van der Waals surface area contributed by atoms with Crippen molar-refractivity contribution in [3.05, 3.63) is 68.7 Å². The van der Waals surface area contributed by atoms with E-state index in [-0.39, 0.29) is 30.8 Å². The summed E-state index contributed by atoms with van der Waals surface area (Å²) in [6.07, 6.45) is 4.26. The molecule has 2 aromatic carbocycles. The topological polar surface area (TPSA) is 49.4 Å². The highest BCUT2D eigenvalue weighted by atomic mass is 35.5. The van der Waals surface area contributed by atoms with Crippen LogP contribution in [0.25, 0.3) is 0 Å². The first-order valence-corrected chi connectivity index (χ1v) is 11.3. The summed E-state index contributed by atoms with van der Waals surface area (Å²) in [6, 6.07) is 11.9. The van der Waals surface area contributed by atoms with Gasteiger partial charge in [-0.25, -0.2) is 0 Å². The molecule has 2 amide bonds. The number of amides is 2. The van der Waals surface area contributed by atoms with Crippen LogP contribution in [-0.2, 0) is 22.6 Å². The van der Waals surface area contributed by atoms with E-state index >= 15 is 0 Å². The Kier molecular flexibility index (Phi) is 8.04. The Bertz CT molecular complexity index is 893. The Morgan fingerprint density at radius 1 is 1.00 bits per heavy atom. The lowest BCUT2D eigenvalue weighted by atomic mass is 10.1. The zero-order valence-corrected chi connectivity index (χ0v) is 19.1. The molecule has 1 aliphatic rings. The van der Waals surface area contributed by atoms with Crippen molar-refractivity contribution in [2.75, 3.05) is 0 Å². The van der Waals surface area contributed by atoms with Gasteiger partial charge >= 0.3 is 0 Å². The summed E-state index contributed by atoms with van der Waals surface area (Å²) in [5, 5.41) is 4.52. The molecule has 160 valence electrons. The Balaban J connectivity index is 1.84. The van der Waals surface area contributed by atoms with Crippen LogP contribution in [0.2, 0.25) is 15.1 Å². The second kappa shape index (κ2) is 10.5. The fourth-order valence-corrected chi connectivity index (χ4v) is 4.45. The summed E-state index contributed by atoms with van der Waals surface area (Å²) in [5.74, 6) is -0.384. The van der Waals surface area contributed by atoms with Gasteiger partial charge in [-0.3, -0.25) is 9.59 Å². The number of nitrogens with one attached hydrogen (secondary N) is 1. The third-order valence-corrected chi connectivity index (χ3v) is 6.64. The van der Waals surface area contributed by atoms with E-state index in [2.05, 4.69) is 5.32 Å². The zero-order valence-electron chi connectivity index (χ0n) is 16.8. The van der Waals surface area contributed by atoms with Crippen LogP contribution in [0, 0.1) is 0 Å². The van der Waals surface area contributed by atoms with Gasteiger partial charge < -0.3 is 10.2 Å². The minimum absolute atomic E-state index is 0.0861. The number of hydrogen-bond acceptors (Lipinski definition) is 2. The maximum atomic E-state index is 13.3. The molecule has 1 aliphatic carbocycles. The third-order valence-electron chi connectivity index (χ3n) is 5.56. The number of nitrogens with zero attached hydrogens (tertiary/aromatic N) is 1. The van der Waals surface area contributed by atoms with Gasteiger partial charge in [0, 0.05) is 33.2 Å². The molecule has 0 radical (unpaired) electrons. The fourth-order valence-electron chi connectivity index (χ4n) is 3.73. The minimum atomic E-state index is -0.673. The summed E-state index contributed by atoms with van der Waals surface area (Å²) in [6.45, 7) is 1.88. The van der Waals surface area contributed by atoms with Gasteiger partial charge in [0.25, 0.3) is 0 Å². The molecule has 4 nitrogen and oxygen atoms in total. The van der Waals surface area contributed by atoms with E-state index in [1.807, 2.05) is 18.2 Å². The Morgan fingerprint density at radius 2 is 1.60 bits per heavy atom. The lowest BCUT2D eigenvalue weighted by Gasteiger charge is -2.30. The predicted octanol–water partition coefficient (Wildman–Crippen LogP) is 5.67. The van der Waals surface area contributed by atoms with Gasteiger partial charge in [-0.15, -0.1) is 0 Å². The highest BCUT2D eigenvalue weighted by molar-refractivity contribution is 6.36. The molecule has 0 bridgehead atoms. The van der Waals surface area contributed by atoms with Gasteiger partial charge in [-0.1, -0.05) is 71.9 Å². The zero-order chi connectivity index (χ0) is 21.7. The molecule has 0 saturated heterocycles. The van der Waals surface area contributed by atoms with Crippen molar-refractivity contribution >= 4 is 46.6 Å². The molecule has 1 saturated carbocycles. The van der Waals surface area contributed by atoms with Crippen LogP contribution in [0.1, 0.15) is 43.7 Å². The van der Waals surface area contributed by atoms with E-state index in [0.717, 1.165) is 25.7 Å². The molecule has 0 unspecified atom stereocenters. The lowest BCUT2D eigenvalue weighted by Crippen LogP contribution is -2.50. The molecular weight excluding hydrogens is 443 g/mol. The molecule has 0 aromatic heterocycles. The average molecular weight is 468 g/mol. The van der Waals surface area contributed by atoms with Crippen LogP contribution in [-0.4, -0.2) is 28.8 Å². The quantitative estimate of drug-likeness (QED) is 0.571. The van der Waals surface area contributed by atoms with Crippen molar-refractivity contribution in [3.63, 3.8) is 0 Å². The Morgan fingerprint density at radius 3 is 2.23 bits per heavy atom. The van der Waals surface area contributed by atoms with Crippen molar-refractivity contribution in [3.8, 4) is 0 Å². The average Bonchev–Trinajstić information content (AvgIpc) is 3.22. The normalized spacial score (nSPS) is 15.1. The van der Waals surface area contributed by atoms with Crippen LogP contribution < -0.4 is 5.32 Å². The highest BCUT2D eigenvalue weighted by Gasteiger charge is 2.29. The highest BCUT2D eigenvalue weighted by Crippen LogP contribution is 2.27. The van der Waals surface area contributed by atoms with Crippen LogP contribution in [0.3, 0.4) is 0 Å². The van der Waals surface area contributed by atoms with E-state index in [4.69, 9.17) is 34.8 Å². The second-order valence-corrected chi connectivity index (χ2v) is 8.88. The third kappa shape index (κ3) is 5.69. The van der Waals surface area contributed by atoms with E-state index in [1.54, 1.807) is 31.2 Å². The van der Waals surface area contributed by atoms with Crippen molar-refractivity contribution in [2.24, 2.45) is 0 Å². The predicted molar refractivity (Wildman–Crippen MR) is 122 cm³/mol. The molecule has 30 heavy (non-hydrogen) atoms. The molecule has 1 N–H and O–H groups in total. The van der Waals surface area contributed by atoms with E-state index in [9.17, 15) is 9.59 Å². The number of halogens is 3. The summed E-state index contributed by atoms with van der Waals surface area (Å²) < 4.78 is 0. The van der Waals surface area contributed by atoms with Crippen LogP contribution >= 0.6 is 34.8 Å². The van der Waals surface area contributed by atoms with Crippen LogP contribution in [0.4, 0.5) is 0 Å². The fraction of sp³-hybridized carbons (Fsp3) is 0.391. The maximum absolute atomic E-state index is 13.3. The van der Waals surface area contributed by atoms with Crippen molar-refractivity contribution in [1.82, 2.24) is 10.2 Å². The number of carbonyl (C=O) groups excluding carboxylic acids is 2. The summed E-state index contributed by atoms with van der Waals surface area (Å²) in [7, 11) is 0. The van der Waals surface area contributed by atoms with Crippen molar-refractivity contribution in [2.45, 2.75) is 57.7 Å². The molecule has 1 fully saturated rings. The van der Waals surface area contributed by atoms with E-state index in [0.29, 0.717) is 26.2 Å². The first kappa shape index (κ1) is 22.9. The molecule has 2 aromatic rings. The number of carbonyl (C=O) groups is 2. The van der Waals surface area contributed by atoms with Gasteiger partial charge in [0.1, 0.15) is 6.04 Å². The molecule has 0 aliphatic heterocycles. The van der Waals surface area contributed by atoms with Crippen molar-refractivity contribution < 1.29 is 9.59 Å². The minimum Gasteiger partial charge on any atom is -0.352 e. The van der Waals surface area contributed by atoms with Gasteiger partial charge in [-0.05, 0) is 43.5 Å². The molecule has 0 spiro atoms. The molecule has 1 atom stereocenters. The first-order valence-electron chi connectivity index (χ1n) is 10.1. The monoisotopic (exact) mass is 466 g/mol. The second-order valence-electron chi connectivity index (χ2n) is 7.66. The van der Waals surface area contributed by atoms with E-state index in [1.165, 1.54) is 4.90 Å². The van der Waals surface area contributed by atoms with E-state index < -0.39 is 6.04 Å². The lowest BCUT2D eigenvalue weighted by molar-refractivity contribution is -0.140. The first-order chi connectivity index (χ1) is 14.4. The number of hydrogen-bond donors (Lipinski definition) is 1. The summed E-state index contributed by atoms with van der Waals surface area (Å²) in [4.78, 5) is 27.7. The molecular formula is C23H25Cl3N2O2. The van der Waals surface area contributed by atoms with Gasteiger partial charge in [-0.2, -0.15) is 0 Å². The number of benzene rings is 2.